The van der Waals surface area contributed by atoms with E-state index in [2.05, 4.69) is 26.0 Å². The van der Waals surface area contributed by atoms with E-state index in [1.165, 1.54) is 19.1 Å². The molecule has 0 fully saturated rings. The van der Waals surface area contributed by atoms with E-state index in [0.717, 1.165) is 4.47 Å². The fourth-order valence-corrected chi connectivity index (χ4v) is 3.53. The topological polar surface area (TPSA) is 84.5 Å². The number of nitrogens with one attached hydrogen (secondary N) is 2. The van der Waals surface area contributed by atoms with Crippen molar-refractivity contribution in [1.29, 1.82) is 0 Å². The van der Waals surface area contributed by atoms with Gasteiger partial charge in [0, 0.05) is 4.47 Å². The Labute approximate surface area is 155 Å². The molecule has 2 rings (SSSR count). The first-order valence-electron chi connectivity index (χ1n) is 7.64. The minimum Gasteiger partial charge on any atom is -0.492 e. The van der Waals surface area contributed by atoms with Crippen LogP contribution in [0.4, 0.5) is 5.69 Å². The maximum atomic E-state index is 12.3. The van der Waals surface area contributed by atoms with E-state index in [9.17, 15) is 13.2 Å². The molecule has 0 bridgehead atoms. The monoisotopic (exact) mass is 426 g/mol. The van der Waals surface area contributed by atoms with Gasteiger partial charge in [-0.2, -0.15) is 4.72 Å². The van der Waals surface area contributed by atoms with Gasteiger partial charge in [0.05, 0.1) is 23.2 Å². The maximum Gasteiger partial charge on any atom is 0.242 e. The summed E-state index contributed by atoms with van der Waals surface area (Å²) in [5.74, 6) is 0.0501. The van der Waals surface area contributed by atoms with E-state index in [0.29, 0.717) is 18.0 Å². The van der Waals surface area contributed by atoms with Crippen molar-refractivity contribution in [3.63, 3.8) is 0 Å². The number of halogens is 1. The van der Waals surface area contributed by atoms with Crippen molar-refractivity contribution in [2.24, 2.45) is 0 Å². The Morgan fingerprint density at radius 3 is 2.44 bits per heavy atom. The van der Waals surface area contributed by atoms with Gasteiger partial charge in [0.15, 0.2) is 0 Å². The van der Waals surface area contributed by atoms with Gasteiger partial charge in [0.2, 0.25) is 15.9 Å². The number of para-hydroxylation sites is 2. The molecule has 0 radical (unpaired) electrons. The predicted octanol–water partition coefficient (Wildman–Crippen LogP) is 3.15. The van der Waals surface area contributed by atoms with Crippen molar-refractivity contribution in [3.05, 3.63) is 53.0 Å². The second-order valence-electron chi connectivity index (χ2n) is 5.22. The van der Waals surface area contributed by atoms with Crippen LogP contribution in [0.15, 0.2) is 57.9 Å². The van der Waals surface area contributed by atoms with Crippen LogP contribution in [0.25, 0.3) is 0 Å². The summed E-state index contributed by atoms with van der Waals surface area (Å²) >= 11 is 3.25. The van der Waals surface area contributed by atoms with Crippen LogP contribution in [-0.2, 0) is 14.8 Å². The van der Waals surface area contributed by atoms with Crippen LogP contribution in [0.5, 0.6) is 5.75 Å². The molecular weight excluding hydrogens is 408 g/mol. The van der Waals surface area contributed by atoms with Crippen LogP contribution < -0.4 is 14.8 Å². The molecule has 2 aromatic rings. The number of hydrogen-bond acceptors (Lipinski definition) is 4. The lowest BCUT2D eigenvalue weighted by atomic mass is 10.2. The SMILES string of the molecule is CCOc1ccccc1NC(=O)[C@@H](C)NS(=O)(=O)c1ccc(Br)cc1. The molecule has 0 saturated carbocycles. The third-order valence-corrected chi connectivity index (χ3v) is 5.38. The summed E-state index contributed by atoms with van der Waals surface area (Å²) in [6.45, 7) is 3.78. The first kappa shape index (κ1) is 19.4. The predicted molar refractivity (Wildman–Crippen MR) is 100 cm³/mol. The summed E-state index contributed by atoms with van der Waals surface area (Å²) in [6.07, 6.45) is 0. The molecule has 2 aromatic carbocycles. The number of benzene rings is 2. The van der Waals surface area contributed by atoms with E-state index in [-0.39, 0.29) is 4.90 Å². The molecule has 1 atom stereocenters. The highest BCUT2D eigenvalue weighted by atomic mass is 79.9. The second-order valence-corrected chi connectivity index (χ2v) is 7.84. The molecule has 1 amide bonds. The van der Waals surface area contributed by atoms with Crippen LogP contribution in [-0.4, -0.2) is 27.0 Å². The molecule has 0 saturated heterocycles. The fraction of sp³-hybridized carbons (Fsp3) is 0.235. The summed E-state index contributed by atoms with van der Waals surface area (Å²) in [6, 6.07) is 12.2. The van der Waals surface area contributed by atoms with E-state index in [4.69, 9.17) is 4.74 Å². The van der Waals surface area contributed by atoms with Gasteiger partial charge >= 0.3 is 0 Å². The van der Waals surface area contributed by atoms with Gasteiger partial charge in [-0.05, 0) is 50.2 Å². The zero-order chi connectivity index (χ0) is 18.4. The average molecular weight is 427 g/mol. The Hall–Kier alpha value is -1.90. The normalized spacial score (nSPS) is 12.4. The first-order valence-corrected chi connectivity index (χ1v) is 9.91. The second kappa shape index (κ2) is 8.46. The molecule has 0 unspecified atom stereocenters. The summed E-state index contributed by atoms with van der Waals surface area (Å²) in [5.41, 5.74) is 0.490. The van der Waals surface area contributed by atoms with Crippen molar-refractivity contribution in [2.45, 2.75) is 24.8 Å². The number of rotatable bonds is 7. The maximum absolute atomic E-state index is 12.3. The van der Waals surface area contributed by atoms with Gasteiger partial charge in [-0.1, -0.05) is 28.1 Å². The summed E-state index contributed by atoms with van der Waals surface area (Å²) in [4.78, 5) is 12.4. The van der Waals surface area contributed by atoms with Gasteiger partial charge in [-0.25, -0.2) is 8.42 Å². The summed E-state index contributed by atoms with van der Waals surface area (Å²) in [7, 11) is -3.80. The van der Waals surface area contributed by atoms with E-state index < -0.39 is 22.0 Å². The quantitative estimate of drug-likeness (QED) is 0.711. The van der Waals surface area contributed by atoms with Gasteiger partial charge < -0.3 is 10.1 Å². The number of carbonyl (C=O) groups is 1. The van der Waals surface area contributed by atoms with Crippen LogP contribution in [0.2, 0.25) is 0 Å². The van der Waals surface area contributed by atoms with Crippen LogP contribution in [0.1, 0.15) is 13.8 Å². The minimum atomic E-state index is -3.80. The van der Waals surface area contributed by atoms with E-state index >= 15 is 0 Å². The average Bonchev–Trinajstić information content (AvgIpc) is 2.57. The molecule has 8 heteroatoms. The molecule has 0 spiro atoms. The lowest BCUT2D eigenvalue weighted by Gasteiger charge is -2.16. The molecule has 0 aliphatic heterocycles. The summed E-state index contributed by atoms with van der Waals surface area (Å²) in [5, 5.41) is 2.68. The van der Waals surface area contributed by atoms with Crippen molar-refractivity contribution in [2.75, 3.05) is 11.9 Å². The lowest BCUT2D eigenvalue weighted by Crippen LogP contribution is -2.41. The van der Waals surface area contributed by atoms with E-state index in [1.807, 2.05) is 6.92 Å². The van der Waals surface area contributed by atoms with Crippen LogP contribution in [0, 0.1) is 0 Å². The summed E-state index contributed by atoms with van der Waals surface area (Å²) < 4.78 is 33.3. The molecule has 0 heterocycles. The third kappa shape index (κ3) is 5.29. The molecule has 0 aliphatic rings. The molecule has 0 aromatic heterocycles. The van der Waals surface area contributed by atoms with Gasteiger partial charge in [-0.3, -0.25) is 4.79 Å². The number of hydrogen-bond donors (Lipinski definition) is 2. The molecule has 25 heavy (non-hydrogen) atoms. The Balaban J connectivity index is 2.09. The van der Waals surface area contributed by atoms with Gasteiger partial charge in [0.25, 0.3) is 0 Å². The minimum absolute atomic E-state index is 0.0880. The smallest absolute Gasteiger partial charge is 0.242 e. The first-order chi connectivity index (χ1) is 11.8. The molecule has 2 N–H and O–H groups in total. The number of amides is 1. The number of anilines is 1. The van der Waals surface area contributed by atoms with Gasteiger partial charge in [0.1, 0.15) is 5.75 Å². The van der Waals surface area contributed by atoms with Crippen molar-refractivity contribution >= 4 is 37.5 Å². The zero-order valence-electron chi connectivity index (χ0n) is 13.8. The van der Waals surface area contributed by atoms with Crippen molar-refractivity contribution in [1.82, 2.24) is 4.72 Å². The highest BCUT2D eigenvalue weighted by Gasteiger charge is 2.22. The molecule has 6 nitrogen and oxygen atoms in total. The van der Waals surface area contributed by atoms with Crippen molar-refractivity contribution < 1.29 is 17.9 Å². The third-order valence-electron chi connectivity index (χ3n) is 3.29. The number of carbonyl (C=O) groups excluding carboxylic acids is 1. The Kier molecular flexibility index (Phi) is 6.57. The highest BCUT2D eigenvalue weighted by molar-refractivity contribution is 9.10. The van der Waals surface area contributed by atoms with Crippen molar-refractivity contribution in [3.8, 4) is 5.75 Å². The Morgan fingerprint density at radius 2 is 1.80 bits per heavy atom. The molecular formula is C17H19BrN2O4S. The Morgan fingerprint density at radius 1 is 1.16 bits per heavy atom. The highest BCUT2D eigenvalue weighted by Crippen LogP contribution is 2.24. The Bertz CT molecular complexity index is 838. The zero-order valence-corrected chi connectivity index (χ0v) is 16.2. The number of ether oxygens (including phenoxy) is 1. The molecule has 134 valence electrons. The lowest BCUT2D eigenvalue weighted by molar-refractivity contribution is -0.117. The van der Waals surface area contributed by atoms with Crippen LogP contribution >= 0.6 is 15.9 Å². The fourth-order valence-electron chi connectivity index (χ4n) is 2.06. The molecule has 0 aliphatic carbocycles. The van der Waals surface area contributed by atoms with Gasteiger partial charge in [-0.15, -0.1) is 0 Å². The van der Waals surface area contributed by atoms with Crippen LogP contribution in [0.3, 0.4) is 0 Å². The largest absolute Gasteiger partial charge is 0.492 e. The standard InChI is InChI=1S/C17H19BrN2O4S/c1-3-24-16-7-5-4-6-15(16)19-17(21)12(2)20-25(22,23)14-10-8-13(18)9-11-14/h4-12,20H,3H2,1-2H3,(H,19,21)/t12-/m1/s1. The van der Waals surface area contributed by atoms with E-state index in [1.54, 1.807) is 36.4 Å². The number of sulfonamides is 1.